The van der Waals surface area contributed by atoms with Gasteiger partial charge in [-0.25, -0.2) is 0 Å². The van der Waals surface area contributed by atoms with Crippen molar-refractivity contribution in [2.24, 2.45) is 0 Å². The van der Waals surface area contributed by atoms with E-state index in [2.05, 4.69) is 29.2 Å². The first-order valence-electron chi connectivity index (χ1n) is 8.82. The first-order chi connectivity index (χ1) is 12.6. The van der Waals surface area contributed by atoms with Crippen molar-refractivity contribution in [2.75, 3.05) is 20.8 Å². The van der Waals surface area contributed by atoms with Gasteiger partial charge >= 0.3 is 5.97 Å². The highest BCUT2D eigenvalue weighted by molar-refractivity contribution is 5.74. The fraction of sp³-hybridized carbons (Fsp3) is 0.381. The molecule has 0 aliphatic carbocycles. The Morgan fingerprint density at radius 2 is 1.88 bits per heavy atom. The zero-order valence-corrected chi connectivity index (χ0v) is 15.4. The van der Waals surface area contributed by atoms with Crippen LogP contribution in [0.3, 0.4) is 0 Å². The molecule has 0 saturated carbocycles. The number of carboxylic acid groups (broad SMARTS) is 1. The second-order valence-corrected chi connectivity index (χ2v) is 6.63. The maximum absolute atomic E-state index is 11.8. The number of carbonyl (C=O) groups is 1. The highest BCUT2D eigenvalue weighted by atomic mass is 16.5. The zero-order valence-electron chi connectivity index (χ0n) is 15.4. The highest BCUT2D eigenvalue weighted by Gasteiger charge is 2.38. The summed E-state index contributed by atoms with van der Waals surface area (Å²) in [7, 11) is 3.23. The summed E-state index contributed by atoms with van der Waals surface area (Å²) in [6.45, 7) is 2.77. The number of hydrogen-bond acceptors (Lipinski definition) is 4. The van der Waals surface area contributed by atoms with Crippen LogP contribution in [-0.2, 0) is 4.79 Å². The molecule has 1 fully saturated rings. The maximum atomic E-state index is 11.8. The molecule has 3 rings (SSSR count). The van der Waals surface area contributed by atoms with Crippen molar-refractivity contribution in [3.05, 3.63) is 59.2 Å². The molecule has 0 radical (unpaired) electrons. The van der Waals surface area contributed by atoms with Crippen molar-refractivity contribution in [3.8, 4) is 11.5 Å². The largest absolute Gasteiger partial charge is 0.493 e. The van der Waals surface area contributed by atoms with Crippen molar-refractivity contribution in [1.29, 1.82) is 0 Å². The van der Waals surface area contributed by atoms with E-state index in [4.69, 9.17) is 9.47 Å². The lowest BCUT2D eigenvalue weighted by molar-refractivity contribution is -0.142. The Bertz CT molecular complexity index is 772. The minimum Gasteiger partial charge on any atom is -0.493 e. The van der Waals surface area contributed by atoms with Crippen LogP contribution in [0.1, 0.15) is 35.6 Å². The standard InChI is InChI=1S/C21H25NO4/c1-14-9-11-15(12-10-14)19(22-13-5-7-17(22)21(23)24)16-6-4-8-18(25-2)20(16)26-3/h4,6,8-12,17,19H,5,7,13H2,1-3H3,(H,23,24). The van der Waals surface area contributed by atoms with Crippen LogP contribution in [0.2, 0.25) is 0 Å². The molecular formula is C21H25NO4. The van der Waals surface area contributed by atoms with E-state index in [0.717, 1.165) is 24.1 Å². The molecule has 0 bridgehead atoms. The van der Waals surface area contributed by atoms with Crippen LogP contribution in [-0.4, -0.2) is 42.8 Å². The van der Waals surface area contributed by atoms with Gasteiger partial charge in [-0.05, 0) is 31.4 Å². The van der Waals surface area contributed by atoms with Crippen LogP contribution in [0.25, 0.3) is 0 Å². The van der Waals surface area contributed by atoms with Gasteiger partial charge in [0.15, 0.2) is 11.5 Å². The number of aryl methyl sites for hydroxylation is 1. The monoisotopic (exact) mass is 355 g/mol. The second kappa shape index (κ2) is 7.79. The number of rotatable bonds is 6. The third kappa shape index (κ3) is 3.40. The lowest BCUT2D eigenvalue weighted by Gasteiger charge is -2.33. The van der Waals surface area contributed by atoms with Gasteiger partial charge in [0, 0.05) is 12.1 Å². The van der Waals surface area contributed by atoms with Crippen LogP contribution in [0, 0.1) is 6.92 Å². The Kier molecular flexibility index (Phi) is 5.47. The summed E-state index contributed by atoms with van der Waals surface area (Å²) in [5.41, 5.74) is 3.14. The Morgan fingerprint density at radius 3 is 2.50 bits per heavy atom. The van der Waals surface area contributed by atoms with Crippen LogP contribution in [0.5, 0.6) is 11.5 Å². The number of benzene rings is 2. The average Bonchev–Trinajstić information content (AvgIpc) is 3.13. The summed E-state index contributed by atoms with van der Waals surface area (Å²) in [6.07, 6.45) is 1.52. The fourth-order valence-corrected chi connectivity index (χ4v) is 3.79. The van der Waals surface area contributed by atoms with E-state index in [9.17, 15) is 9.90 Å². The summed E-state index contributed by atoms with van der Waals surface area (Å²) in [5.74, 6) is 0.520. The zero-order chi connectivity index (χ0) is 18.7. The number of para-hydroxylation sites is 1. The predicted molar refractivity (Wildman–Crippen MR) is 99.9 cm³/mol. The molecule has 138 valence electrons. The number of hydrogen-bond donors (Lipinski definition) is 1. The van der Waals surface area contributed by atoms with Crippen molar-refractivity contribution in [1.82, 2.24) is 4.90 Å². The summed E-state index contributed by atoms with van der Waals surface area (Å²) >= 11 is 0. The minimum atomic E-state index is -0.776. The number of nitrogens with zero attached hydrogens (tertiary/aromatic N) is 1. The smallest absolute Gasteiger partial charge is 0.320 e. The van der Waals surface area contributed by atoms with Crippen molar-refractivity contribution >= 4 is 5.97 Å². The predicted octanol–water partition coefficient (Wildman–Crippen LogP) is 3.65. The molecule has 0 amide bonds. The molecule has 5 nitrogen and oxygen atoms in total. The van der Waals surface area contributed by atoms with Gasteiger partial charge in [0.25, 0.3) is 0 Å². The first kappa shape index (κ1) is 18.3. The van der Waals surface area contributed by atoms with Crippen molar-refractivity contribution in [3.63, 3.8) is 0 Å². The molecule has 2 unspecified atom stereocenters. The Hall–Kier alpha value is -2.53. The molecule has 5 heteroatoms. The van der Waals surface area contributed by atoms with Crippen LogP contribution in [0.4, 0.5) is 0 Å². The first-order valence-corrected chi connectivity index (χ1v) is 8.82. The molecule has 0 spiro atoms. The summed E-state index contributed by atoms with van der Waals surface area (Å²) in [6, 6.07) is 13.3. The molecule has 26 heavy (non-hydrogen) atoms. The second-order valence-electron chi connectivity index (χ2n) is 6.63. The molecule has 1 aliphatic heterocycles. The molecule has 1 heterocycles. The van der Waals surface area contributed by atoms with Gasteiger partial charge in [0.05, 0.1) is 20.3 Å². The van der Waals surface area contributed by atoms with Gasteiger partial charge in [0.1, 0.15) is 6.04 Å². The maximum Gasteiger partial charge on any atom is 0.320 e. The summed E-state index contributed by atoms with van der Waals surface area (Å²) < 4.78 is 11.1. The lowest BCUT2D eigenvalue weighted by Crippen LogP contribution is -2.39. The Labute approximate surface area is 154 Å². The Morgan fingerprint density at radius 1 is 1.15 bits per heavy atom. The van der Waals surface area contributed by atoms with Gasteiger partial charge in [-0.2, -0.15) is 0 Å². The van der Waals surface area contributed by atoms with E-state index in [1.807, 2.05) is 25.1 Å². The number of methoxy groups -OCH3 is 2. The lowest BCUT2D eigenvalue weighted by atomic mass is 9.94. The van der Waals surface area contributed by atoms with Crippen LogP contribution >= 0.6 is 0 Å². The van der Waals surface area contributed by atoms with E-state index in [1.165, 1.54) is 5.56 Å². The third-order valence-corrected chi connectivity index (χ3v) is 5.03. The number of carboxylic acids is 1. The molecule has 2 aromatic carbocycles. The van der Waals surface area contributed by atoms with Gasteiger partial charge in [-0.15, -0.1) is 0 Å². The van der Waals surface area contributed by atoms with Crippen molar-refractivity contribution < 1.29 is 19.4 Å². The molecule has 1 N–H and O–H groups in total. The van der Waals surface area contributed by atoms with Crippen LogP contribution in [0.15, 0.2) is 42.5 Å². The molecule has 1 saturated heterocycles. The Balaban J connectivity index is 2.15. The summed E-state index contributed by atoms with van der Waals surface area (Å²) in [4.78, 5) is 13.9. The summed E-state index contributed by atoms with van der Waals surface area (Å²) in [5, 5.41) is 9.70. The quantitative estimate of drug-likeness (QED) is 0.857. The van der Waals surface area contributed by atoms with E-state index >= 15 is 0 Å². The normalized spacial score (nSPS) is 18.5. The van der Waals surface area contributed by atoms with Crippen molar-refractivity contribution in [2.45, 2.75) is 31.8 Å². The van der Waals surface area contributed by atoms with Crippen LogP contribution < -0.4 is 9.47 Å². The fourth-order valence-electron chi connectivity index (χ4n) is 3.79. The van der Waals surface area contributed by atoms with Gasteiger partial charge in [-0.3, -0.25) is 9.69 Å². The molecular weight excluding hydrogens is 330 g/mol. The third-order valence-electron chi connectivity index (χ3n) is 5.03. The van der Waals surface area contributed by atoms with Gasteiger partial charge in [-0.1, -0.05) is 42.0 Å². The molecule has 0 aromatic heterocycles. The van der Waals surface area contributed by atoms with E-state index in [-0.39, 0.29) is 6.04 Å². The van der Waals surface area contributed by atoms with E-state index < -0.39 is 12.0 Å². The number of ether oxygens (including phenoxy) is 2. The molecule has 2 aromatic rings. The molecule has 1 aliphatic rings. The van der Waals surface area contributed by atoms with E-state index in [1.54, 1.807) is 14.2 Å². The highest BCUT2D eigenvalue weighted by Crippen LogP contribution is 2.42. The topological polar surface area (TPSA) is 59.0 Å². The average molecular weight is 355 g/mol. The SMILES string of the molecule is COc1cccc(C(c2ccc(C)cc2)N2CCCC2C(=O)O)c1OC. The minimum absolute atomic E-state index is 0.204. The number of aliphatic carboxylic acids is 1. The number of likely N-dealkylation sites (tertiary alicyclic amines) is 1. The van der Waals surface area contributed by atoms with Gasteiger partial charge < -0.3 is 14.6 Å². The van der Waals surface area contributed by atoms with Gasteiger partial charge in [0.2, 0.25) is 0 Å². The molecule has 2 atom stereocenters. The van der Waals surface area contributed by atoms with E-state index in [0.29, 0.717) is 17.9 Å².